The Morgan fingerprint density at radius 3 is 2.62 bits per heavy atom. The van der Waals surface area contributed by atoms with E-state index in [0.29, 0.717) is 24.5 Å². The van der Waals surface area contributed by atoms with Gasteiger partial charge in [0, 0.05) is 25.2 Å². The third kappa shape index (κ3) is 4.31. The lowest BCUT2D eigenvalue weighted by Crippen LogP contribution is -2.45. The van der Waals surface area contributed by atoms with E-state index in [4.69, 9.17) is 9.47 Å². The van der Waals surface area contributed by atoms with Crippen LogP contribution in [0.3, 0.4) is 0 Å². The maximum Gasteiger partial charge on any atom is 0.314 e. The molecule has 0 aliphatic carbocycles. The molecule has 0 aromatic heterocycles. The second-order valence-corrected chi connectivity index (χ2v) is 7.24. The number of benzene rings is 2. The highest BCUT2D eigenvalue weighted by molar-refractivity contribution is 6.21. The number of rotatable bonds is 7. The molecule has 32 heavy (non-hydrogen) atoms. The van der Waals surface area contributed by atoms with Crippen LogP contribution in [0, 0.1) is 10.1 Å². The maximum atomic E-state index is 12.4. The van der Waals surface area contributed by atoms with Gasteiger partial charge in [-0.05, 0) is 24.6 Å². The lowest BCUT2D eigenvalue weighted by atomic mass is 10.1. The Kier molecular flexibility index (Phi) is 5.88. The van der Waals surface area contributed by atoms with Crippen LogP contribution in [-0.2, 0) is 0 Å². The molecule has 2 N–H and O–H groups in total. The van der Waals surface area contributed by atoms with Crippen molar-refractivity contribution in [3.05, 3.63) is 63.7 Å². The molecular weight excluding hydrogens is 420 g/mol. The summed E-state index contributed by atoms with van der Waals surface area (Å²) in [5, 5.41) is 16.2. The molecule has 2 aromatic rings. The predicted molar refractivity (Wildman–Crippen MR) is 111 cm³/mol. The minimum absolute atomic E-state index is 0.0196. The summed E-state index contributed by atoms with van der Waals surface area (Å²) in [7, 11) is 0. The maximum absolute atomic E-state index is 12.4. The molecule has 0 fully saturated rings. The Bertz CT molecular complexity index is 1090. The molecule has 2 aliphatic rings. The van der Waals surface area contributed by atoms with Gasteiger partial charge in [0.15, 0.2) is 17.6 Å². The fraction of sp³-hybridized carbons (Fsp3) is 0.286. The summed E-state index contributed by atoms with van der Waals surface area (Å²) in [6.07, 6.45) is 0.00950. The summed E-state index contributed by atoms with van der Waals surface area (Å²) in [5.74, 6) is 0.208. The summed E-state index contributed by atoms with van der Waals surface area (Å²) < 4.78 is 11.3. The molecule has 0 radical (unpaired) electrons. The van der Waals surface area contributed by atoms with Crippen LogP contribution in [0.15, 0.2) is 42.5 Å². The number of nitrogens with one attached hydrogen (secondary N) is 2. The number of non-ortho nitro benzene ring substituents is 1. The molecule has 0 bridgehead atoms. The van der Waals surface area contributed by atoms with Crippen LogP contribution in [0.1, 0.15) is 27.1 Å². The number of fused-ring (bicyclic) bond motifs is 2. The van der Waals surface area contributed by atoms with Crippen LogP contribution in [0.2, 0.25) is 0 Å². The Morgan fingerprint density at radius 1 is 1.09 bits per heavy atom. The van der Waals surface area contributed by atoms with Gasteiger partial charge in [-0.25, -0.2) is 4.79 Å². The molecule has 2 aromatic carbocycles. The molecule has 1 atom stereocenters. The third-order valence-electron chi connectivity index (χ3n) is 5.07. The Balaban J connectivity index is 1.19. The molecule has 1 unspecified atom stereocenters. The molecule has 166 valence electrons. The quantitative estimate of drug-likeness (QED) is 0.289. The van der Waals surface area contributed by atoms with Crippen molar-refractivity contribution in [2.45, 2.75) is 12.5 Å². The standard InChI is InChI=1S/C21H20N4O7/c26-19-15-7-6-13(25(29)30)10-16(15)20(27)24(19)9-3-8-22-21(28)23-11-14-12-31-17-4-1-2-5-18(17)32-14/h1-2,4-7,10,14H,3,8-9,11-12H2,(H2,22,23,28). The van der Waals surface area contributed by atoms with Gasteiger partial charge in [0.2, 0.25) is 0 Å². The minimum atomic E-state index is -0.619. The highest BCUT2D eigenvalue weighted by Gasteiger charge is 2.36. The van der Waals surface area contributed by atoms with Crippen LogP contribution >= 0.6 is 0 Å². The van der Waals surface area contributed by atoms with Gasteiger partial charge in [0.05, 0.1) is 22.6 Å². The lowest BCUT2D eigenvalue weighted by molar-refractivity contribution is -0.384. The fourth-order valence-electron chi connectivity index (χ4n) is 3.47. The predicted octanol–water partition coefficient (Wildman–Crippen LogP) is 1.72. The van der Waals surface area contributed by atoms with Gasteiger partial charge in [0.25, 0.3) is 17.5 Å². The zero-order valence-electron chi connectivity index (χ0n) is 16.9. The molecule has 2 aliphatic heterocycles. The second-order valence-electron chi connectivity index (χ2n) is 7.24. The van der Waals surface area contributed by atoms with Gasteiger partial charge < -0.3 is 20.1 Å². The number of hydrogen-bond acceptors (Lipinski definition) is 7. The summed E-state index contributed by atoms with van der Waals surface area (Å²) in [6, 6.07) is 10.5. The average molecular weight is 440 g/mol. The van der Waals surface area contributed by atoms with Crippen molar-refractivity contribution in [1.29, 1.82) is 0 Å². The highest BCUT2D eigenvalue weighted by atomic mass is 16.6. The van der Waals surface area contributed by atoms with Crippen LogP contribution in [0.5, 0.6) is 11.5 Å². The van der Waals surface area contributed by atoms with E-state index >= 15 is 0 Å². The summed E-state index contributed by atoms with van der Waals surface area (Å²) in [4.78, 5) is 48.1. The number of imide groups is 1. The molecule has 4 amide bonds. The van der Waals surface area contributed by atoms with E-state index < -0.39 is 22.8 Å². The number of nitrogens with zero attached hydrogens (tertiary/aromatic N) is 2. The fourth-order valence-corrected chi connectivity index (χ4v) is 3.47. The van der Waals surface area contributed by atoms with Crippen molar-refractivity contribution in [3.8, 4) is 11.5 Å². The van der Waals surface area contributed by atoms with E-state index in [1.807, 2.05) is 12.1 Å². The average Bonchev–Trinajstić information content (AvgIpc) is 3.04. The van der Waals surface area contributed by atoms with Gasteiger partial charge in [-0.3, -0.25) is 24.6 Å². The van der Waals surface area contributed by atoms with E-state index in [9.17, 15) is 24.5 Å². The van der Waals surface area contributed by atoms with Gasteiger partial charge in [0.1, 0.15) is 6.61 Å². The van der Waals surface area contributed by atoms with Crippen molar-refractivity contribution in [2.24, 2.45) is 0 Å². The molecule has 4 rings (SSSR count). The van der Waals surface area contributed by atoms with Crippen LogP contribution in [0.4, 0.5) is 10.5 Å². The number of carbonyl (C=O) groups excluding carboxylic acids is 3. The first-order valence-corrected chi connectivity index (χ1v) is 9.99. The number of nitro groups is 1. The summed E-state index contributed by atoms with van der Waals surface area (Å²) >= 11 is 0. The van der Waals surface area contributed by atoms with E-state index in [2.05, 4.69) is 10.6 Å². The van der Waals surface area contributed by atoms with Gasteiger partial charge in [-0.1, -0.05) is 12.1 Å². The lowest BCUT2D eigenvalue weighted by Gasteiger charge is -2.26. The Hall–Kier alpha value is -4.15. The van der Waals surface area contributed by atoms with Crippen molar-refractivity contribution >= 4 is 23.5 Å². The largest absolute Gasteiger partial charge is 0.486 e. The number of nitro benzene ring substituents is 1. The molecular formula is C21H20N4O7. The molecule has 0 saturated heterocycles. The first-order valence-electron chi connectivity index (χ1n) is 9.99. The first-order chi connectivity index (χ1) is 15.4. The van der Waals surface area contributed by atoms with Crippen LogP contribution in [-0.4, -0.2) is 60.0 Å². The van der Waals surface area contributed by atoms with E-state index in [1.54, 1.807) is 12.1 Å². The first kappa shape index (κ1) is 21.1. The van der Waals surface area contributed by atoms with Gasteiger partial charge in [-0.2, -0.15) is 0 Å². The topological polar surface area (TPSA) is 140 Å². The van der Waals surface area contributed by atoms with E-state index in [1.165, 1.54) is 12.1 Å². The highest BCUT2D eigenvalue weighted by Crippen LogP contribution is 2.30. The van der Waals surface area contributed by atoms with Crippen molar-refractivity contribution in [2.75, 3.05) is 26.2 Å². The summed E-state index contributed by atoms with van der Waals surface area (Å²) in [5.41, 5.74) is -0.0883. The minimum Gasteiger partial charge on any atom is -0.486 e. The monoisotopic (exact) mass is 440 g/mol. The number of urea groups is 1. The Labute approximate surface area is 182 Å². The zero-order valence-corrected chi connectivity index (χ0v) is 16.9. The van der Waals surface area contributed by atoms with E-state index in [0.717, 1.165) is 11.0 Å². The van der Waals surface area contributed by atoms with Crippen molar-refractivity contribution in [1.82, 2.24) is 15.5 Å². The Morgan fingerprint density at radius 2 is 1.84 bits per heavy atom. The van der Waals surface area contributed by atoms with Crippen molar-refractivity contribution in [3.63, 3.8) is 0 Å². The molecule has 11 nitrogen and oxygen atoms in total. The number of hydrogen-bond donors (Lipinski definition) is 2. The molecule has 11 heteroatoms. The van der Waals surface area contributed by atoms with Crippen molar-refractivity contribution < 1.29 is 28.8 Å². The zero-order chi connectivity index (χ0) is 22.7. The SMILES string of the molecule is O=C(NCCCN1C(=O)c2ccc([N+](=O)[O-])cc2C1=O)NCC1COc2ccccc2O1. The number of amides is 4. The normalized spacial score (nSPS) is 16.5. The number of carbonyl (C=O) groups is 3. The van der Waals surface area contributed by atoms with Gasteiger partial charge in [-0.15, -0.1) is 0 Å². The smallest absolute Gasteiger partial charge is 0.314 e. The number of ether oxygens (including phenoxy) is 2. The van der Waals surface area contributed by atoms with E-state index in [-0.39, 0.29) is 42.6 Å². The molecule has 2 heterocycles. The summed E-state index contributed by atoms with van der Waals surface area (Å²) in [6.45, 7) is 0.869. The molecule has 0 spiro atoms. The second kappa shape index (κ2) is 8.92. The van der Waals surface area contributed by atoms with Crippen LogP contribution in [0.25, 0.3) is 0 Å². The number of para-hydroxylation sites is 2. The third-order valence-corrected chi connectivity index (χ3v) is 5.07. The van der Waals surface area contributed by atoms with Gasteiger partial charge >= 0.3 is 6.03 Å². The van der Waals surface area contributed by atoms with Crippen LogP contribution < -0.4 is 20.1 Å². The molecule has 0 saturated carbocycles.